The smallest absolute Gasteiger partial charge is 0.822 e. The summed E-state index contributed by atoms with van der Waals surface area (Å²) in [5.41, 5.74) is 0. The van der Waals surface area contributed by atoms with Gasteiger partial charge in [0.05, 0.1) is 0 Å². The van der Waals surface area contributed by atoms with Crippen LogP contribution >= 0.6 is 7.82 Å². The Labute approximate surface area is 99.3 Å². The molecule has 0 rings (SSSR count). The topological polar surface area (TPSA) is 190 Å². The van der Waals surface area contributed by atoms with Gasteiger partial charge in [-0.15, -0.1) is 0 Å². The van der Waals surface area contributed by atoms with Crippen LogP contribution in [0.5, 0.6) is 0 Å². The third kappa shape index (κ3) is 228. The Morgan fingerprint density at radius 1 is 0.900 bits per heavy atom. The van der Waals surface area contributed by atoms with E-state index in [2.05, 4.69) is 0 Å². The van der Waals surface area contributed by atoms with Crippen LogP contribution in [0.4, 0.5) is 0 Å². The molecule has 0 bridgehead atoms. The molecule has 0 aromatic carbocycles. The number of quaternary nitrogens is 1. The number of nitrogens with two attached hydrogens (primary N) is 2. The van der Waals surface area contributed by atoms with Crippen LogP contribution in [0.3, 0.4) is 0 Å². The first-order valence-electron chi connectivity index (χ1n) is 0.730. The summed E-state index contributed by atoms with van der Waals surface area (Å²) >= 11 is 0. The summed E-state index contributed by atoms with van der Waals surface area (Å²) in [5.74, 6) is 0. The Hall–Kier alpha value is 1.83. The minimum absolute atomic E-state index is 0. The second-order valence-electron chi connectivity index (χ2n) is 0.447. The van der Waals surface area contributed by atoms with Gasteiger partial charge in [-0.2, -0.15) is 7.82 Å². The molecule has 0 unspecified atom stereocenters. The van der Waals surface area contributed by atoms with Gasteiger partial charge in [-0.05, 0) is 0 Å². The molecule has 0 amide bonds. The first-order valence-corrected chi connectivity index (χ1v) is 2.19. The van der Waals surface area contributed by atoms with Gasteiger partial charge < -0.3 is 37.7 Å². The fraction of sp³-hybridized carbons (Fsp3) is 0. The van der Waals surface area contributed by atoms with Crippen LogP contribution in [0.1, 0.15) is 0 Å². The second-order valence-corrected chi connectivity index (χ2v) is 1.34. The molecule has 8 N–H and O–H groups in total. The van der Waals surface area contributed by atoms with E-state index in [4.69, 9.17) is 19.2 Å². The average Bonchev–Trinajstić information content (AvgIpc) is 0.722. The zero-order chi connectivity index (χ0) is 4.50. The molecule has 0 saturated heterocycles. The Bertz CT molecular complexity index is 64.6. The van der Waals surface area contributed by atoms with Gasteiger partial charge in [0.25, 0.3) is 0 Å². The minimum atomic E-state index is -5.39. The van der Waals surface area contributed by atoms with Crippen LogP contribution in [0.2, 0.25) is 0 Å². The number of rotatable bonds is 0. The van der Waals surface area contributed by atoms with Crippen molar-refractivity contribution in [2.75, 3.05) is 0 Å². The summed E-state index contributed by atoms with van der Waals surface area (Å²) in [4.78, 5) is 25.6. The summed E-state index contributed by atoms with van der Waals surface area (Å²) < 4.78 is 8.55. The molecule has 0 aliphatic carbocycles. The summed E-state index contributed by atoms with van der Waals surface area (Å²) in [6.07, 6.45) is 0. The zero-order valence-electron chi connectivity index (χ0n) is 5.23. The van der Waals surface area contributed by atoms with Crippen LogP contribution in [-0.2, 0) is 4.57 Å². The van der Waals surface area contributed by atoms with Gasteiger partial charge in [0.15, 0.2) is 0 Å². The van der Waals surface area contributed by atoms with E-state index in [9.17, 15) is 0 Å². The van der Waals surface area contributed by atoms with Crippen LogP contribution in [-0.4, -0.2) is 54.6 Å². The molecule has 10 heteroatoms. The van der Waals surface area contributed by atoms with Crippen LogP contribution in [0.25, 0.3) is 12.3 Å². The van der Waals surface area contributed by atoms with Crippen LogP contribution in [0, 0.1) is 0 Å². The van der Waals surface area contributed by atoms with Crippen molar-refractivity contribution in [1.82, 2.24) is 6.15 Å². The number of phosphoric acid groups is 1. The molecule has 0 fully saturated rings. The second kappa shape index (κ2) is 17.1. The van der Waals surface area contributed by atoms with Crippen molar-refractivity contribution >= 4 is 62.4 Å². The molecule has 7 nitrogen and oxygen atoms in total. The largest absolute Gasteiger partial charge is 2.00 e. The fourth-order valence-corrected chi connectivity index (χ4v) is 0. The van der Waals surface area contributed by atoms with Crippen LogP contribution < -0.4 is 20.8 Å². The van der Waals surface area contributed by atoms with E-state index in [-0.39, 0.29) is 73.0 Å². The van der Waals surface area contributed by atoms with Crippen LogP contribution in [0.15, 0.2) is 0 Å². The van der Waals surface area contributed by atoms with E-state index in [1.165, 1.54) is 0 Å². The quantitative estimate of drug-likeness (QED) is 0.271. The molecule has 0 heterocycles. The molecule has 10 heavy (non-hydrogen) atoms. The number of hydrogen-bond donors (Lipinski definition) is 1. The normalized spacial score (nSPS) is 5.90. The van der Waals surface area contributed by atoms with E-state index in [1.807, 2.05) is 0 Å². The van der Waals surface area contributed by atoms with Crippen molar-refractivity contribution < 1.29 is 19.2 Å². The van der Waals surface area contributed by atoms with Crippen molar-refractivity contribution in [2.24, 2.45) is 0 Å². The third-order valence-electron chi connectivity index (χ3n) is 0. The molecule has 0 aromatic rings. The molecule has 0 aliphatic heterocycles. The minimum Gasteiger partial charge on any atom is -0.822 e. The Kier molecular flexibility index (Phi) is 69.7. The first-order chi connectivity index (χ1) is 2.00. The average molecular weight is 559 g/mol. The molecule has 0 spiro atoms. The molecule has 4 radical (unpaired) electrons. The van der Waals surface area contributed by atoms with E-state index in [0.717, 1.165) is 0 Å². The van der Waals surface area contributed by atoms with Gasteiger partial charge in [-0.3, -0.25) is 0 Å². The Morgan fingerprint density at radius 2 is 0.900 bits per heavy atom. The van der Waals surface area contributed by atoms with E-state index >= 15 is 0 Å². The summed E-state index contributed by atoms with van der Waals surface area (Å²) in [7, 11) is -5.39. The Morgan fingerprint density at radius 3 is 0.900 bits per heavy atom. The van der Waals surface area contributed by atoms with Crippen molar-refractivity contribution in [2.45, 2.75) is 0 Å². The summed E-state index contributed by atoms with van der Waals surface area (Å²) in [6, 6.07) is 0. The van der Waals surface area contributed by atoms with E-state index in [0.29, 0.717) is 0 Å². The molecule has 0 saturated carbocycles. The molecule has 0 aliphatic rings. The molecule has 60 valence electrons. The zero-order valence-corrected chi connectivity index (χ0v) is 13.9. The summed E-state index contributed by atoms with van der Waals surface area (Å²) in [6.45, 7) is 0. The maximum atomic E-state index is 8.55. The van der Waals surface area contributed by atoms with Crippen molar-refractivity contribution in [3.8, 4) is 0 Å². The monoisotopic (exact) mass is 561 g/mol. The first kappa shape index (κ1) is 40.8. The molecular weight excluding hydrogens is 551 g/mol. The third-order valence-corrected chi connectivity index (χ3v) is 0. The maximum Gasteiger partial charge on any atom is 2.00 e. The summed E-state index contributed by atoms with van der Waals surface area (Å²) in [5, 5.41) is 0. The standard InChI is InChI=1S/H3N.2H2N.H3O4P.2Pb/c;;;1-5(2,3)4;;/h1H3;2*1H2;(H3,1,2,3,4);;/q;2*-1;;2*+2/p-2. The van der Waals surface area contributed by atoms with Gasteiger partial charge in [0, 0.05) is 0 Å². The maximum absolute atomic E-state index is 8.55. The van der Waals surface area contributed by atoms with Gasteiger partial charge in [0.1, 0.15) is 0 Å². The predicted octanol–water partition coefficient (Wildman–Crippen LogP) is -1.78. The number of hydrogen-bond acceptors (Lipinski definition) is 4. The van der Waals surface area contributed by atoms with E-state index in [1.54, 1.807) is 0 Å². The van der Waals surface area contributed by atoms with Crippen molar-refractivity contribution in [1.29, 1.82) is 0 Å². The van der Waals surface area contributed by atoms with Crippen molar-refractivity contribution in [3.63, 3.8) is 0 Å². The molecule has 0 atom stereocenters. The van der Waals surface area contributed by atoms with Gasteiger partial charge in [0.2, 0.25) is 0 Å². The van der Waals surface area contributed by atoms with Gasteiger partial charge in [-0.1, -0.05) is 0 Å². The Balaban J connectivity index is -0.00000000800. The molecular formula is H8N3O4PPb2. The predicted molar refractivity (Wildman–Crippen MR) is 35.7 cm³/mol. The SMILES string of the molecule is O=P([O-])([O-])[O-].[NH2-].[NH2-].[NH4+].[Pb+2].[Pb+2]. The van der Waals surface area contributed by atoms with Crippen molar-refractivity contribution in [3.05, 3.63) is 12.3 Å². The van der Waals surface area contributed by atoms with E-state index < -0.39 is 7.82 Å². The van der Waals surface area contributed by atoms with Gasteiger partial charge in [-0.25, -0.2) is 0 Å². The molecule has 0 aromatic heterocycles. The fourth-order valence-electron chi connectivity index (χ4n) is 0. The van der Waals surface area contributed by atoms with Gasteiger partial charge >= 0.3 is 54.6 Å².